The number of nitrogens with two attached hydrogens (primary N) is 1. The van der Waals surface area contributed by atoms with Crippen LogP contribution in [0.3, 0.4) is 0 Å². The first-order chi connectivity index (χ1) is 6.49. The molecule has 0 aromatic carbocycles. The zero-order chi connectivity index (χ0) is 10.9. The highest BCUT2D eigenvalue weighted by Gasteiger charge is 2.28. The summed E-state index contributed by atoms with van der Waals surface area (Å²) < 4.78 is 0. The van der Waals surface area contributed by atoms with Gasteiger partial charge in [0.25, 0.3) is 0 Å². The number of hydrogen-bond donors (Lipinski definition) is 3. The van der Waals surface area contributed by atoms with Crippen LogP contribution in [0.1, 0.15) is 6.92 Å². The second kappa shape index (κ2) is 4.10. The number of ketones is 1. The minimum atomic E-state index is -0.260. The van der Waals surface area contributed by atoms with Gasteiger partial charge in [0.05, 0.1) is 10.6 Å². The predicted molar refractivity (Wildman–Crippen MR) is 59.6 cm³/mol. The number of Topliss-reactive ketones (excluding diaryl/α,β-unsaturated/α-hetero) is 1. The molecule has 0 bridgehead atoms. The Labute approximate surface area is 91.4 Å². The highest BCUT2D eigenvalue weighted by atomic mass is 32.2. The molecular formula is C8H10N2O2S2. The summed E-state index contributed by atoms with van der Waals surface area (Å²) in [5.41, 5.74) is 6.01. The number of carbonyl (C=O) groups excluding carboxylic acids is 2. The maximum atomic E-state index is 11.3. The van der Waals surface area contributed by atoms with E-state index < -0.39 is 0 Å². The van der Waals surface area contributed by atoms with Gasteiger partial charge in [0.2, 0.25) is 5.12 Å². The standard InChI is InChI=1S/C8H10N2O2S2/c1-3(11)4(9)7-6(13)5(10-2)8(12)14-7/h10,13H,9H2,1-2H3/b7-4-. The van der Waals surface area contributed by atoms with Crippen molar-refractivity contribution in [3.05, 3.63) is 21.2 Å². The molecule has 76 valence electrons. The highest BCUT2D eigenvalue weighted by molar-refractivity contribution is 8.19. The second-order valence-electron chi connectivity index (χ2n) is 2.66. The normalized spacial score (nSPS) is 20.1. The largest absolute Gasteiger partial charge is 0.395 e. The van der Waals surface area contributed by atoms with Crippen LogP contribution in [0.25, 0.3) is 0 Å². The Hall–Kier alpha value is -0.880. The molecule has 0 radical (unpaired) electrons. The fourth-order valence-corrected chi connectivity index (χ4v) is 2.46. The van der Waals surface area contributed by atoms with Gasteiger partial charge in [0.15, 0.2) is 5.78 Å². The summed E-state index contributed by atoms with van der Waals surface area (Å²) in [6.07, 6.45) is 0. The van der Waals surface area contributed by atoms with Crippen molar-refractivity contribution in [3.63, 3.8) is 0 Å². The Morgan fingerprint density at radius 3 is 2.50 bits per heavy atom. The Balaban J connectivity index is 3.22. The lowest BCUT2D eigenvalue weighted by Gasteiger charge is -2.01. The zero-order valence-electron chi connectivity index (χ0n) is 7.75. The molecule has 0 saturated heterocycles. The van der Waals surface area contributed by atoms with Crippen molar-refractivity contribution in [2.75, 3.05) is 7.05 Å². The summed E-state index contributed by atoms with van der Waals surface area (Å²) in [7, 11) is 1.62. The van der Waals surface area contributed by atoms with Crippen molar-refractivity contribution in [2.45, 2.75) is 6.92 Å². The zero-order valence-corrected chi connectivity index (χ0v) is 9.46. The maximum absolute atomic E-state index is 11.3. The van der Waals surface area contributed by atoms with E-state index in [1.165, 1.54) is 6.92 Å². The molecular weight excluding hydrogens is 220 g/mol. The first kappa shape index (κ1) is 11.2. The molecule has 0 amide bonds. The molecule has 1 aliphatic heterocycles. The third-order valence-corrected chi connectivity index (χ3v) is 3.34. The molecule has 0 aliphatic carbocycles. The first-order valence-electron chi connectivity index (χ1n) is 3.83. The number of hydrogen-bond acceptors (Lipinski definition) is 6. The van der Waals surface area contributed by atoms with Gasteiger partial charge < -0.3 is 11.1 Å². The summed E-state index contributed by atoms with van der Waals surface area (Å²) in [4.78, 5) is 23.2. The molecule has 14 heavy (non-hydrogen) atoms. The third kappa shape index (κ3) is 1.80. The number of thioether (sulfide) groups is 1. The number of carbonyl (C=O) groups is 2. The van der Waals surface area contributed by atoms with Crippen LogP contribution >= 0.6 is 24.4 Å². The number of likely N-dealkylation sites (N-methyl/N-ethyl adjacent to an activating group) is 1. The Morgan fingerprint density at radius 1 is 1.57 bits per heavy atom. The molecule has 0 aromatic rings. The molecule has 0 fully saturated rings. The molecule has 1 heterocycles. The average molecular weight is 230 g/mol. The van der Waals surface area contributed by atoms with Crippen LogP contribution in [0, 0.1) is 0 Å². The summed E-state index contributed by atoms with van der Waals surface area (Å²) in [5.74, 6) is -0.260. The van der Waals surface area contributed by atoms with E-state index in [2.05, 4.69) is 17.9 Å². The maximum Gasteiger partial charge on any atom is 0.241 e. The predicted octanol–water partition coefficient (Wildman–Crippen LogP) is 0.380. The van der Waals surface area contributed by atoms with Gasteiger partial charge in [-0.15, -0.1) is 12.6 Å². The molecule has 6 heteroatoms. The van der Waals surface area contributed by atoms with E-state index in [1.807, 2.05) is 0 Å². The van der Waals surface area contributed by atoms with Gasteiger partial charge in [-0.05, 0) is 11.8 Å². The summed E-state index contributed by atoms with van der Waals surface area (Å²) in [6.45, 7) is 1.35. The van der Waals surface area contributed by atoms with Gasteiger partial charge in [-0.2, -0.15) is 0 Å². The van der Waals surface area contributed by atoms with Gasteiger partial charge in [-0.3, -0.25) is 9.59 Å². The van der Waals surface area contributed by atoms with Gasteiger partial charge in [0, 0.05) is 18.9 Å². The molecule has 4 nitrogen and oxygen atoms in total. The number of thiol groups is 1. The Kier molecular flexibility index (Phi) is 3.28. The summed E-state index contributed by atoms with van der Waals surface area (Å²) >= 11 is 5.07. The quantitative estimate of drug-likeness (QED) is 0.472. The van der Waals surface area contributed by atoms with Gasteiger partial charge in [-0.1, -0.05) is 0 Å². The van der Waals surface area contributed by atoms with Crippen molar-refractivity contribution in [3.8, 4) is 0 Å². The van der Waals surface area contributed by atoms with E-state index in [9.17, 15) is 9.59 Å². The van der Waals surface area contributed by atoms with Crippen molar-refractivity contribution < 1.29 is 9.59 Å². The smallest absolute Gasteiger partial charge is 0.241 e. The van der Waals surface area contributed by atoms with Crippen LogP contribution in [-0.4, -0.2) is 17.9 Å². The summed E-state index contributed by atoms with van der Waals surface area (Å²) in [6, 6.07) is 0. The van der Waals surface area contributed by atoms with E-state index in [-0.39, 0.29) is 16.6 Å². The van der Waals surface area contributed by atoms with E-state index in [4.69, 9.17) is 5.73 Å². The highest BCUT2D eigenvalue weighted by Crippen LogP contribution is 2.39. The Morgan fingerprint density at radius 2 is 2.14 bits per heavy atom. The number of rotatable bonds is 2. The van der Waals surface area contributed by atoms with E-state index >= 15 is 0 Å². The molecule has 1 rings (SSSR count). The molecule has 0 atom stereocenters. The molecule has 0 saturated carbocycles. The fourth-order valence-electron chi connectivity index (χ4n) is 0.965. The first-order valence-corrected chi connectivity index (χ1v) is 5.09. The third-order valence-electron chi connectivity index (χ3n) is 1.72. The Bertz CT molecular complexity index is 372. The van der Waals surface area contributed by atoms with Crippen LogP contribution in [0.5, 0.6) is 0 Å². The topological polar surface area (TPSA) is 72.2 Å². The van der Waals surface area contributed by atoms with Crippen LogP contribution in [0.15, 0.2) is 21.2 Å². The molecule has 0 unspecified atom stereocenters. The average Bonchev–Trinajstić information content (AvgIpc) is 2.40. The van der Waals surface area contributed by atoms with Crippen LogP contribution in [0.2, 0.25) is 0 Å². The molecule has 3 N–H and O–H groups in total. The van der Waals surface area contributed by atoms with Crippen LogP contribution in [-0.2, 0) is 9.59 Å². The lowest BCUT2D eigenvalue weighted by molar-refractivity contribution is -0.113. The number of nitrogens with one attached hydrogen (secondary N) is 1. The van der Waals surface area contributed by atoms with Gasteiger partial charge in [-0.25, -0.2) is 0 Å². The van der Waals surface area contributed by atoms with Crippen molar-refractivity contribution in [2.24, 2.45) is 5.73 Å². The minimum Gasteiger partial charge on any atom is -0.395 e. The lowest BCUT2D eigenvalue weighted by Crippen LogP contribution is -2.11. The van der Waals surface area contributed by atoms with Crippen molar-refractivity contribution in [1.29, 1.82) is 0 Å². The van der Waals surface area contributed by atoms with E-state index in [0.717, 1.165) is 11.8 Å². The second-order valence-corrected chi connectivity index (χ2v) is 4.09. The fraction of sp³-hybridized carbons (Fsp3) is 0.250. The lowest BCUT2D eigenvalue weighted by atomic mass is 10.3. The monoisotopic (exact) mass is 230 g/mol. The van der Waals surface area contributed by atoms with Crippen molar-refractivity contribution in [1.82, 2.24) is 5.32 Å². The van der Waals surface area contributed by atoms with Crippen LogP contribution < -0.4 is 11.1 Å². The van der Waals surface area contributed by atoms with Gasteiger partial charge in [0.1, 0.15) is 5.70 Å². The molecule has 0 spiro atoms. The summed E-state index contributed by atoms with van der Waals surface area (Å²) in [5, 5.41) is 2.55. The molecule has 0 aromatic heterocycles. The minimum absolute atomic E-state index is 0.0820. The van der Waals surface area contributed by atoms with E-state index in [1.54, 1.807) is 7.05 Å². The molecule has 1 aliphatic rings. The van der Waals surface area contributed by atoms with Gasteiger partial charge >= 0.3 is 0 Å². The van der Waals surface area contributed by atoms with Crippen LogP contribution in [0.4, 0.5) is 0 Å². The van der Waals surface area contributed by atoms with Crippen molar-refractivity contribution >= 4 is 35.3 Å². The SMILES string of the molecule is CNC1=C(S)/C(=C(/N)C(C)=O)SC1=O. The number of allylic oxidation sites excluding steroid dienone is 1. The van der Waals surface area contributed by atoms with E-state index in [0.29, 0.717) is 15.5 Å².